The van der Waals surface area contributed by atoms with Gasteiger partial charge in [-0.1, -0.05) is 18.1 Å². The molecular weight excluding hydrogens is 361 g/mol. The van der Waals surface area contributed by atoms with Crippen LogP contribution in [0.25, 0.3) is 11.8 Å². The van der Waals surface area contributed by atoms with Gasteiger partial charge in [0.2, 0.25) is 5.71 Å². The second-order valence-corrected chi connectivity index (χ2v) is 7.65. The largest absolute Gasteiger partial charge is 0.738 e. The van der Waals surface area contributed by atoms with E-state index in [-0.39, 0.29) is 0 Å². The number of fused-ring (bicyclic) bond motifs is 4. The lowest BCUT2D eigenvalue weighted by molar-refractivity contribution is -0.316. The molecule has 2 aromatic heterocycles. The maximum absolute atomic E-state index is 15.7. The van der Waals surface area contributed by atoms with Crippen molar-refractivity contribution in [3.05, 3.63) is 80.8 Å². The maximum Gasteiger partial charge on any atom is 0.738 e. The molecule has 0 saturated heterocycles. The first kappa shape index (κ1) is 16.3. The van der Waals surface area contributed by atoms with Crippen LogP contribution in [-0.4, -0.2) is 21.6 Å². The molecule has 2 nitrogen and oxygen atoms in total. The first-order valence-corrected chi connectivity index (χ1v) is 9.65. The molecule has 0 radical (unpaired) electrons. The van der Waals surface area contributed by atoms with Crippen LogP contribution in [-0.2, 0) is 0 Å². The fourth-order valence-electron chi connectivity index (χ4n) is 4.03. The van der Waals surface area contributed by atoms with E-state index in [4.69, 9.17) is 0 Å². The summed E-state index contributed by atoms with van der Waals surface area (Å²) in [6.07, 6.45) is 1.86. The highest BCUT2D eigenvalue weighted by atomic mass is 32.1. The summed E-state index contributed by atoms with van der Waals surface area (Å²) in [6.45, 7) is -0.424. The zero-order valence-corrected chi connectivity index (χ0v) is 15.6. The molecule has 0 unspecified atom stereocenters. The van der Waals surface area contributed by atoms with E-state index < -0.39 is 6.97 Å². The Hall–Kier alpha value is -2.91. The van der Waals surface area contributed by atoms with E-state index in [2.05, 4.69) is 11.8 Å². The Balaban J connectivity index is 1.84. The van der Waals surface area contributed by atoms with Crippen LogP contribution in [0.15, 0.2) is 47.2 Å². The Morgan fingerprint density at radius 1 is 1.07 bits per heavy atom. The molecule has 0 fully saturated rings. The van der Waals surface area contributed by atoms with Gasteiger partial charge in [0.1, 0.15) is 0 Å². The summed E-state index contributed by atoms with van der Waals surface area (Å²) in [5.74, 6) is 6.08. The lowest BCUT2D eigenvalue weighted by Crippen LogP contribution is -2.50. The minimum Gasteiger partial charge on any atom is -0.394 e. The number of aryl methyl sites for hydroxylation is 2. The molecule has 0 bridgehead atoms. The molecule has 2 aliphatic rings. The summed E-state index contributed by atoms with van der Waals surface area (Å²) < 4.78 is 33.8. The molecule has 0 N–H and O–H groups in total. The minimum atomic E-state index is -4.03. The number of thiophene rings is 1. The van der Waals surface area contributed by atoms with E-state index in [1.807, 2.05) is 60.2 Å². The lowest BCUT2D eigenvalue weighted by Gasteiger charge is -2.29. The minimum absolute atomic E-state index is 0.365. The highest BCUT2D eigenvalue weighted by Crippen LogP contribution is 2.40. The monoisotopic (exact) mass is 376 g/mol. The predicted molar refractivity (Wildman–Crippen MR) is 107 cm³/mol. The van der Waals surface area contributed by atoms with Crippen LogP contribution in [0.2, 0.25) is 0 Å². The van der Waals surface area contributed by atoms with Gasteiger partial charge in [-0.05, 0) is 54.8 Å². The third-order valence-electron chi connectivity index (χ3n) is 5.17. The van der Waals surface area contributed by atoms with E-state index in [0.29, 0.717) is 22.8 Å². The van der Waals surface area contributed by atoms with Crippen molar-refractivity contribution in [3.8, 4) is 11.8 Å². The van der Waals surface area contributed by atoms with Gasteiger partial charge in [-0.3, -0.25) is 0 Å². The summed E-state index contributed by atoms with van der Waals surface area (Å²) >= 11 is 1.54. The molecular formula is C21H15BF2N2S. The van der Waals surface area contributed by atoms with Crippen molar-refractivity contribution in [2.45, 2.75) is 13.8 Å². The topological polar surface area (TPSA) is 7.94 Å². The third kappa shape index (κ3) is 2.22. The first-order valence-electron chi connectivity index (χ1n) is 8.71. The molecule has 1 aromatic carbocycles. The van der Waals surface area contributed by atoms with Crippen molar-refractivity contribution >= 4 is 35.8 Å². The number of aromatic nitrogens is 1. The van der Waals surface area contributed by atoms with Gasteiger partial charge < -0.3 is 17.6 Å². The number of hydrogen-bond donors (Lipinski definition) is 0. The van der Waals surface area contributed by atoms with E-state index in [1.54, 1.807) is 18.3 Å². The number of benzene rings is 1. The SMILES string of the molecule is Cc1cc(C)n2c1C=C1c3ccccc3C(C#Cc3ccsc3)=[N+]1[B-]2(F)F. The second kappa shape index (κ2) is 5.54. The zero-order valence-electron chi connectivity index (χ0n) is 14.8. The first-order chi connectivity index (χ1) is 13.0. The molecule has 2 aliphatic heterocycles. The Kier molecular flexibility index (Phi) is 3.34. The van der Waals surface area contributed by atoms with Crippen LogP contribution < -0.4 is 0 Å². The molecule has 0 saturated carbocycles. The van der Waals surface area contributed by atoms with Crippen LogP contribution in [0.3, 0.4) is 0 Å². The fraction of sp³-hybridized carbons (Fsp3) is 0.0952. The third-order valence-corrected chi connectivity index (χ3v) is 5.85. The normalized spacial score (nSPS) is 16.2. The van der Waals surface area contributed by atoms with Crippen molar-refractivity contribution < 1.29 is 13.1 Å². The standard InChI is InChI=1S/C21H15BF2N2S/c1-14-11-15(2)25-20(14)12-21-18-6-4-3-5-17(18)19(26(21)22(25,23)24)8-7-16-9-10-27-13-16/h3-6,9-13H,1-2H3. The maximum atomic E-state index is 15.7. The van der Waals surface area contributed by atoms with Crippen molar-refractivity contribution in [3.63, 3.8) is 0 Å². The summed E-state index contributed by atoms with van der Waals surface area (Å²) in [4.78, 5) is 0. The van der Waals surface area contributed by atoms with Crippen molar-refractivity contribution in [1.29, 1.82) is 0 Å². The van der Waals surface area contributed by atoms with Gasteiger partial charge in [0.15, 0.2) is 5.70 Å². The van der Waals surface area contributed by atoms with Crippen molar-refractivity contribution in [2.24, 2.45) is 0 Å². The number of rotatable bonds is 0. The van der Waals surface area contributed by atoms with Crippen LogP contribution in [0, 0.1) is 25.7 Å². The quantitative estimate of drug-likeness (QED) is 0.395. The summed E-state index contributed by atoms with van der Waals surface area (Å²) in [5, 5.41) is 3.85. The van der Waals surface area contributed by atoms with Crippen LogP contribution >= 0.6 is 11.3 Å². The van der Waals surface area contributed by atoms with E-state index >= 15 is 8.63 Å². The molecule has 3 aromatic rings. The molecule has 0 amide bonds. The molecule has 6 heteroatoms. The molecule has 132 valence electrons. The van der Waals surface area contributed by atoms with E-state index in [0.717, 1.165) is 31.2 Å². The van der Waals surface area contributed by atoms with Crippen molar-refractivity contribution in [1.82, 2.24) is 4.48 Å². The summed E-state index contributed by atoms with van der Waals surface area (Å²) in [7, 11) is 0. The Morgan fingerprint density at radius 2 is 1.85 bits per heavy atom. The second-order valence-electron chi connectivity index (χ2n) is 6.87. The summed E-state index contributed by atoms with van der Waals surface area (Å²) in [5.41, 5.74) is 5.28. The molecule has 4 heterocycles. The van der Waals surface area contributed by atoms with Gasteiger partial charge in [-0.15, -0.1) is 0 Å². The zero-order chi connectivity index (χ0) is 18.8. The number of hydrogen-bond acceptors (Lipinski definition) is 1. The number of halogens is 2. The smallest absolute Gasteiger partial charge is 0.394 e. The van der Waals surface area contributed by atoms with Gasteiger partial charge >= 0.3 is 6.97 Å². The Morgan fingerprint density at radius 3 is 2.59 bits per heavy atom. The van der Waals surface area contributed by atoms with Gasteiger partial charge in [-0.25, -0.2) is 0 Å². The lowest BCUT2D eigenvalue weighted by atomic mass is 9.90. The van der Waals surface area contributed by atoms with Crippen LogP contribution in [0.1, 0.15) is 33.6 Å². The van der Waals surface area contributed by atoms with Crippen molar-refractivity contribution in [2.75, 3.05) is 0 Å². The van der Waals surface area contributed by atoms with Gasteiger partial charge in [0.05, 0.1) is 11.1 Å². The van der Waals surface area contributed by atoms with Crippen LogP contribution in [0.5, 0.6) is 0 Å². The average Bonchev–Trinajstić information content (AvgIpc) is 3.32. The van der Waals surface area contributed by atoms with Gasteiger partial charge in [-0.2, -0.15) is 11.3 Å². The summed E-state index contributed by atoms with van der Waals surface area (Å²) in [6, 6.07) is 11.2. The fourth-order valence-corrected chi connectivity index (χ4v) is 4.62. The molecule has 0 aliphatic carbocycles. The van der Waals surface area contributed by atoms with Gasteiger partial charge in [0, 0.05) is 28.6 Å². The highest BCUT2D eigenvalue weighted by molar-refractivity contribution is 7.08. The highest BCUT2D eigenvalue weighted by Gasteiger charge is 2.55. The van der Waals surface area contributed by atoms with E-state index in [9.17, 15) is 0 Å². The van der Waals surface area contributed by atoms with Gasteiger partial charge in [0.25, 0.3) is 0 Å². The predicted octanol–water partition coefficient (Wildman–Crippen LogP) is 4.77. The molecule has 0 atom stereocenters. The molecule has 0 spiro atoms. The Labute approximate surface area is 160 Å². The number of nitrogens with zero attached hydrogens (tertiary/aromatic N) is 2. The van der Waals surface area contributed by atoms with E-state index in [1.165, 1.54) is 0 Å². The average molecular weight is 376 g/mol. The Bertz CT molecular complexity index is 1220. The molecule has 27 heavy (non-hydrogen) atoms. The van der Waals surface area contributed by atoms with Crippen LogP contribution in [0.4, 0.5) is 8.63 Å². The molecule has 5 rings (SSSR count).